The van der Waals surface area contributed by atoms with Crippen molar-refractivity contribution < 1.29 is 23.1 Å². The van der Waals surface area contributed by atoms with Crippen molar-refractivity contribution in [3.63, 3.8) is 0 Å². The second-order valence-electron chi connectivity index (χ2n) is 5.68. The van der Waals surface area contributed by atoms with Gasteiger partial charge in [0, 0.05) is 19.0 Å². The number of aromatic nitrogens is 1. The number of aliphatic hydroxyl groups excluding tert-OH is 1. The van der Waals surface area contributed by atoms with E-state index in [0.717, 1.165) is 18.2 Å². The molecule has 0 spiro atoms. The van der Waals surface area contributed by atoms with Crippen LogP contribution in [0.1, 0.15) is 40.2 Å². The second-order valence-corrected chi connectivity index (χ2v) is 5.68. The lowest BCUT2D eigenvalue weighted by Gasteiger charge is -2.24. The molecule has 3 rings (SSSR count). The summed E-state index contributed by atoms with van der Waals surface area (Å²) in [6, 6.07) is 2.33. The lowest BCUT2D eigenvalue weighted by molar-refractivity contribution is 0.0679. The van der Waals surface area contributed by atoms with Crippen molar-refractivity contribution in [2.75, 3.05) is 6.54 Å². The highest BCUT2D eigenvalue weighted by Crippen LogP contribution is 2.35. The van der Waals surface area contributed by atoms with Crippen LogP contribution in [0.25, 0.3) is 0 Å². The lowest BCUT2D eigenvalue weighted by Crippen LogP contribution is -2.32. The summed E-state index contributed by atoms with van der Waals surface area (Å²) in [6.07, 6.45) is -0.672. The third-order valence-corrected chi connectivity index (χ3v) is 3.95. The molecule has 2 aromatic rings. The van der Waals surface area contributed by atoms with Crippen molar-refractivity contribution in [3.8, 4) is 0 Å². The van der Waals surface area contributed by atoms with E-state index in [0.29, 0.717) is 11.6 Å². The first kappa shape index (κ1) is 15.6. The van der Waals surface area contributed by atoms with Crippen molar-refractivity contribution >= 4 is 5.91 Å². The van der Waals surface area contributed by atoms with Gasteiger partial charge in [0.2, 0.25) is 5.76 Å². The number of carbonyl (C=O) groups excluding carboxylic acids is 1. The van der Waals surface area contributed by atoms with Gasteiger partial charge in [-0.15, -0.1) is 0 Å². The van der Waals surface area contributed by atoms with Gasteiger partial charge in [0.25, 0.3) is 5.91 Å². The molecule has 0 aliphatic carbocycles. The highest BCUT2D eigenvalue weighted by Gasteiger charge is 2.39. The van der Waals surface area contributed by atoms with Gasteiger partial charge in [-0.05, 0) is 31.5 Å². The Morgan fingerprint density at radius 1 is 1.39 bits per heavy atom. The molecule has 1 aromatic carbocycles. The monoisotopic (exact) mass is 322 g/mol. The molecule has 1 aliphatic rings. The van der Waals surface area contributed by atoms with E-state index in [1.807, 2.05) is 0 Å². The average molecular weight is 322 g/mol. The van der Waals surface area contributed by atoms with Crippen LogP contribution in [0.4, 0.5) is 8.78 Å². The van der Waals surface area contributed by atoms with Gasteiger partial charge < -0.3 is 14.4 Å². The normalized spacial score (nSPS) is 21.0. The summed E-state index contributed by atoms with van der Waals surface area (Å²) in [5.74, 6) is -1.30. The Kier molecular flexibility index (Phi) is 3.89. The van der Waals surface area contributed by atoms with E-state index in [4.69, 9.17) is 4.42 Å². The fourth-order valence-corrected chi connectivity index (χ4v) is 2.96. The van der Waals surface area contributed by atoms with Gasteiger partial charge in [0.15, 0.2) is 5.89 Å². The number of aryl methyl sites for hydroxylation is 2. The van der Waals surface area contributed by atoms with Gasteiger partial charge in [-0.25, -0.2) is 13.8 Å². The predicted molar refractivity (Wildman–Crippen MR) is 76.7 cm³/mol. The Balaban J connectivity index is 1.98. The molecular formula is C16H16F2N2O3. The summed E-state index contributed by atoms with van der Waals surface area (Å²) in [6.45, 7) is 3.28. The van der Waals surface area contributed by atoms with E-state index in [-0.39, 0.29) is 24.3 Å². The van der Waals surface area contributed by atoms with Crippen LogP contribution in [0.3, 0.4) is 0 Å². The first-order chi connectivity index (χ1) is 10.9. The highest BCUT2D eigenvalue weighted by atomic mass is 19.1. The summed E-state index contributed by atoms with van der Waals surface area (Å²) in [4.78, 5) is 18.0. The van der Waals surface area contributed by atoms with Crippen LogP contribution < -0.4 is 0 Å². The average Bonchev–Trinajstić information content (AvgIpc) is 3.03. The largest absolute Gasteiger partial charge is 0.436 e. The molecule has 0 saturated carbocycles. The molecule has 1 N–H and O–H groups in total. The van der Waals surface area contributed by atoms with Gasteiger partial charge in [-0.2, -0.15) is 0 Å². The molecule has 1 amide bonds. The van der Waals surface area contributed by atoms with Crippen molar-refractivity contribution in [2.24, 2.45) is 0 Å². The maximum atomic E-state index is 14.0. The number of oxazole rings is 1. The molecule has 122 valence electrons. The van der Waals surface area contributed by atoms with E-state index < -0.39 is 29.7 Å². The number of hydrogen-bond acceptors (Lipinski definition) is 4. The number of likely N-dealkylation sites (tertiary alicyclic amines) is 1. The maximum absolute atomic E-state index is 14.0. The highest BCUT2D eigenvalue weighted by molar-refractivity contribution is 5.93. The Bertz CT molecular complexity index is 760. The van der Waals surface area contributed by atoms with E-state index in [9.17, 15) is 18.7 Å². The summed E-state index contributed by atoms with van der Waals surface area (Å²) in [5.41, 5.74) is 0.469. The summed E-state index contributed by atoms with van der Waals surface area (Å²) in [5, 5.41) is 9.91. The van der Waals surface area contributed by atoms with Crippen LogP contribution in [0.2, 0.25) is 0 Å². The first-order valence-electron chi connectivity index (χ1n) is 7.25. The number of amides is 1. The van der Waals surface area contributed by atoms with E-state index in [1.165, 1.54) is 4.90 Å². The van der Waals surface area contributed by atoms with Gasteiger partial charge >= 0.3 is 0 Å². The maximum Gasteiger partial charge on any atom is 0.292 e. The fraction of sp³-hybridized carbons (Fsp3) is 0.375. The smallest absolute Gasteiger partial charge is 0.292 e. The van der Waals surface area contributed by atoms with Gasteiger partial charge in [-0.1, -0.05) is 0 Å². The number of rotatable bonds is 2. The summed E-state index contributed by atoms with van der Waals surface area (Å²) >= 11 is 0. The molecule has 2 atom stereocenters. The van der Waals surface area contributed by atoms with Crippen LogP contribution in [0, 0.1) is 25.5 Å². The number of aliphatic hydroxyl groups is 1. The second kappa shape index (κ2) is 5.73. The SMILES string of the molecule is Cc1nc(C)c(C(=O)N2CC(O)CC2c2cc(F)ccc2F)o1. The number of hydrogen-bond donors (Lipinski definition) is 1. The molecule has 0 radical (unpaired) electrons. The minimum Gasteiger partial charge on any atom is -0.436 e. The van der Waals surface area contributed by atoms with E-state index in [1.54, 1.807) is 13.8 Å². The molecule has 1 saturated heterocycles. The third kappa shape index (κ3) is 2.84. The molecule has 1 fully saturated rings. The fourth-order valence-electron chi connectivity index (χ4n) is 2.96. The summed E-state index contributed by atoms with van der Waals surface area (Å²) in [7, 11) is 0. The Labute approximate surface area is 131 Å². The number of β-amino-alcohol motifs (C(OH)–C–C–N with tert-alkyl or cyclic N) is 1. The molecule has 1 aliphatic heterocycles. The first-order valence-corrected chi connectivity index (χ1v) is 7.25. The number of benzene rings is 1. The topological polar surface area (TPSA) is 66.6 Å². The van der Waals surface area contributed by atoms with Crippen molar-refractivity contribution in [3.05, 3.63) is 52.7 Å². The standard InChI is InChI=1S/C16H16F2N2O3/c1-8-15(23-9(2)19-8)16(22)20-7-11(21)6-14(20)12-5-10(17)3-4-13(12)18/h3-5,11,14,21H,6-7H2,1-2H3. The summed E-state index contributed by atoms with van der Waals surface area (Å²) < 4.78 is 32.8. The minimum absolute atomic E-state index is 0.0264. The van der Waals surface area contributed by atoms with Crippen LogP contribution >= 0.6 is 0 Å². The van der Waals surface area contributed by atoms with E-state index >= 15 is 0 Å². The molecule has 1 aromatic heterocycles. The molecule has 5 nitrogen and oxygen atoms in total. The zero-order valence-electron chi connectivity index (χ0n) is 12.7. The quantitative estimate of drug-likeness (QED) is 0.922. The Morgan fingerprint density at radius 2 is 2.13 bits per heavy atom. The number of nitrogens with zero attached hydrogens (tertiary/aromatic N) is 2. The predicted octanol–water partition coefficient (Wildman–Crippen LogP) is 2.52. The van der Waals surface area contributed by atoms with Crippen LogP contribution in [-0.2, 0) is 0 Å². The molecule has 2 unspecified atom stereocenters. The van der Waals surface area contributed by atoms with E-state index in [2.05, 4.69) is 4.98 Å². The Morgan fingerprint density at radius 3 is 2.78 bits per heavy atom. The van der Waals surface area contributed by atoms with Crippen molar-refractivity contribution in [1.82, 2.24) is 9.88 Å². The molecule has 0 bridgehead atoms. The molecule has 7 heteroatoms. The van der Waals surface area contributed by atoms with Crippen LogP contribution in [0.5, 0.6) is 0 Å². The third-order valence-electron chi connectivity index (χ3n) is 3.95. The molecule has 23 heavy (non-hydrogen) atoms. The molecular weight excluding hydrogens is 306 g/mol. The molecule has 2 heterocycles. The van der Waals surface area contributed by atoms with Gasteiger partial charge in [-0.3, -0.25) is 4.79 Å². The minimum atomic E-state index is -0.809. The lowest BCUT2D eigenvalue weighted by atomic mass is 10.0. The van der Waals surface area contributed by atoms with Gasteiger partial charge in [0.1, 0.15) is 11.6 Å². The van der Waals surface area contributed by atoms with Crippen molar-refractivity contribution in [1.29, 1.82) is 0 Å². The zero-order valence-corrected chi connectivity index (χ0v) is 12.7. The van der Waals surface area contributed by atoms with Crippen LogP contribution in [0.15, 0.2) is 22.6 Å². The van der Waals surface area contributed by atoms with Gasteiger partial charge in [0.05, 0.1) is 17.8 Å². The van der Waals surface area contributed by atoms with Crippen molar-refractivity contribution in [2.45, 2.75) is 32.4 Å². The number of carbonyl (C=O) groups is 1. The van der Waals surface area contributed by atoms with Crippen LogP contribution in [-0.4, -0.2) is 33.5 Å². The number of halogens is 2. The Hall–Kier alpha value is -2.28. The zero-order chi connectivity index (χ0) is 16.7.